The average molecular weight is 807 g/mol. The Balaban J connectivity index is 0.00000497. The van der Waals surface area contributed by atoms with E-state index in [4.69, 9.17) is 14.8 Å². The summed E-state index contributed by atoms with van der Waals surface area (Å²) in [5, 5.41) is 7.52. The molecule has 0 aliphatic heterocycles. The predicted octanol–water partition coefficient (Wildman–Crippen LogP) is 12.6. The Hall–Kier alpha value is -4.50. The number of hydrogen-bond donors (Lipinski definition) is 0. The Morgan fingerprint density at radius 3 is 2.11 bits per heavy atom. The molecule has 280 valence electrons. The number of aromatic nitrogens is 4. The number of hydrogen-bond acceptors (Lipinski definition) is 3. The van der Waals surface area contributed by atoms with Gasteiger partial charge in [-0.2, -0.15) is 16.7 Å². The van der Waals surface area contributed by atoms with E-state index in [2.05, 4.69) is 164 Å². The zero-order valence-corrected chi connectivity index (χ0v) is 35.1. The van der Waals surface area contributed by atoms with E-state index in [-0.39, 0.29) is 31.3 Å². The van der Waals surface area contributed by atoms with Crippen LogP contribution in [-0.4, -0.2) is 19.3 Å². The molecule has 0 unspecified atom stereocenters. The van der Waals surface area contributed by atoms with Crippen LogP contribution in [-0.2, 0) is 44.1 Å². The van der Waals surface area contributed by atoms with E-state index in [1.807, 2.05) is 18.3 Å². The number of ether oxygens (including phenoxy) is 1. The predicted molar refractivity (Wildman–Crippen MR) is 220 cm³/mol. The molecular formula is C48H52N4OPd. The van der Waals surface area contributed by atoms with Crippen LogP contribution in [0.4, 0.5) is 0 Å². The van der Waals surface area contributed by atoms with Crippen molar-refractivity contribution < 1.29 is 25.2 Å². The summed E-state index contributed by atoms with van der Waals surface area (Å²) < 4.78 is 10.9. The van der Waals surface area contributed by atoms with Gasteiger partial charge in [-0.3, -0.25) is 4.68 Å². The third-order valence-electron chi connectivity index (χ3n) is 10.3. The maximum absolute atomic E-state index is 6.62. The van der Waals surface area contributed by atoms with Crippen molar-refractivity contribution in [2.45, 2.75) is 106 Å². The van der Waals surface area contributed by atoms with Gasteiger partial charge in [-0.25, -0.2) is 4.98 Å². The monoisotopic (exact) mass is 806 g/mol. The van der Waals surface area contributed by atoms with Crippen LogP contribution in [0.25, 0.3) is 44.4 Å². The first-order valence-corrected chi connectivity index (χ1v) is 19.1. The number of pyridine rings is 1. The average Bonchev–Trinajstić information content (AvgIpc) is 3.66. The molecule has 3 aromatic heterocycles. The fourth-order valence-corrected chi connectivity index (χ4v) is 7.29. The summed E-state index contributed by atoms with van der Waals surface area (Å²) in [5.41, 5.74) is 12.6. The molecule has 0 saturated heterocycles. The fourth-order valence-electron chi connectivity index (χ4n) is 7.29. The van der Waals surface area contributed by atoms with Gasteiger partial charge in [0.15, 0.2) is 0 Å². The summed E-state index contributed by atoms with van der Waals surface area (Å²) in [7, 11) is 0. The number of benzene rings is 4. The molecule has 0 bridgehead atoms. The van der Waals surface area contributed by atoms with Crippen LogP contribution in [0, 0.1) is 19.1 Å². The van der Waals surface area contributed by atoms with Gasteiger partial charge in [-0.15, -0.1) is 35.7 Å². The molecule has 0 fully saturated rings. The molecule has 0 N–H and O–H groups in total. The molecule has 0 amide bonds. The van der Waals surface area contributed by atoms with Gasteiger partial charge in [-0.05, 0) is 81.1 Å². The van der Waals surface area contributed by atoms with Crippen molar-refractivity contribution >= 4 is 21.8 Å². The second-order valence-corrected chi connectivity index (χ2v) is 16.7. The molecule has 0 aliphatic carbocycles. The minimum atomic E-state index is 0. The Bertz CT molecular complexity index is 2440. The summed E-state index contributed by atoms with van der Waals surface area (Å²) in [6.45, 7) is 24.7. The number of para-hydroxylation sites is 1. The summed E-state index contributed by atoms with van der Waals surface area (Å²) in [6, 6.07) is 35.4. The van der Waals surface area contributed by atoms with Crippen molar-refractivity contribution in [3.05, 3.63) is 131 Å². The first-order chi connectivity index (χ1) is 25.2. The Morgan fingerprint density at radius 2 is 1.46 bits per heavy atom. The second kappa shape index (κ2) is 15.0. The Morgan fingerprint density at radius 1 is 0.759 bits per heavy atom. The molecular weight excluding hydrogens is 755 g/mol. The number of rotatable bonds is 8. The minimum absolute atomic E-state index is 0. The zero-order chi connectivity index (χ0) is 37.8. The second-order valence-electron chi connectivity index (χ2n) is 16.7. The van der Waals surface area contributed by atoms with E-state index < -0.39 is 0 Å². The maximum atomic E-state index is 6.62. The van der Waals surface area contributed by atoms with Crippen LogP contribution < -0.4 is 4.74 Å². The van der Waals surface area contributed by atoms with E-state index in [0.29, 0.717) is 17.4 Å². The summed E-state index contributed by atoms with van der Waals surface area (Å²) in [5.74, 6) is 2.51. The standard InChI is InChI=1S/C48H52N4O.Pd/c1-12-41-46(33-24-34(47(6,7)8)27-35(25-33)48(9,10)11)42(13-2)52(50-41)36-22-31(5)23-38(28-36)53-37-18-19-40-39-16-14-15-17-43(39)51(44(40)29-37)45-26-32(30(3)4)20-21-49-45;/h14-27,30H,12-13H2,1-11H3;/q-2;+2. The van der Waals surface area contributed by atoms with Gasteiger partial charge in [0.2, 0.25) is 0 Å². The molecule has 7 aromatic rings. The number of aryl methyl sites for hydroxylation is 2. The van der Waals surface area contributed by atoms with E-state index >= 15 is 0 Å². The molecule has 5 nitrogen and oxygen atoms in total. The van der Waals surface area contributed by atoms with Gasteiger partial charge < -0.3 is 9.30 Å². The van der Waals surface area contributed by atoms with Crippen LogP contribution in [0.15, 0.2) is 85.1 Å². The Kier molecular flexibility index (Phi) is 10.9. The van der Waals surface area contributed by atoms with Gasteiger partial charge in [0.25, 0.3) is 0 Å². The Labute approximate surface area is 335 Å². The van der Waals surface area contributed by atoms with Crippen LogP contribution in [0.5, 0.6) is 11.5 Å². The SMILES string of the molecule is CCc1nn(-c2[c-]c(Oc3[c-]c4c(cc3)c3ccccc3n4-c3cc(C(C)C)ccn3)cc(C)c2)c(CC)c1-c1cc(C(C)(C)C)cc(C(C)(C)C)c1.[Pd+2]. The minimum Gasteiger partial charge on any atom is -0.509 e. The van der Waals surface area contributed by atoms with E-state index in [0.717, 1.165) is 57.4 Å². The normalized spacial score (nSPS) is 12.1. The molecule has 7 rings (SSSR count). The van der Waals surface area contributed by atoms with Gasteiger partial charge in [0, 0.05) is 34.5 Å². The van der Waals surface area contributed by atoms with E-state index in [1.54, 1.807) is 0 Å². The quantitative estimate of drug-likeness (QED) is 0.113. The molecule has 4 aromatic carbocycles. The zero-order valence-electron chi connectivity index (χ0n) is 33.6. The van der Waals surface area contributed by atoms with Gasteiger partial charge in [0.1, 0.15) is 5.82 Å². The van der Waals surface area contributed by atoms with Crippen LogP contribution in [0.1, 0.15) is 109 Å². The topological polar surface area (TPSA) is 44.9 Å². The van der Waals surface area contributed by atoms with Crippen molar-refractivity contribution in [2.75, 3.05) is 0 Å². The van der Waals surface area contributed by atoms with Crippen molar-refractivity contribution in [3.8, 4) is 34.1 Å². The van der Waals surface area contributed by atoms with Crippen LogP contribution in [0.3, 0.4) is 0 Å². The molecule has 0 atom stereocenters. The van der Waals surface area contributed by atoms with E-state index in [1.165, 1.54) is 33.5 Å². The third-order valence-corrected chi connectivity index (χ3v) is 10.3. The maximum Gasteiger partial charge on any atom is 2.00 e. The molecule has 54 heavy (non-hydrogen) atoms. The van der Waals surface area contributed by atoms with Gasteiger partial charge in [0.05, 0.1) is 5.69 Å². The van der Waals surface area contributed by atoms with Crippen molar-refractivity contribution in [3.63, 3.8) is 0 Å². The molecule has 0 radical (unpaired) electrons. The molecule has 0 spiro atoms. The largest absolute Gasteiger partial charge is 2.00 e. The van der Waals surface area contributed by atoms with Crippen molar-refractivity contribution in [1.29, 1.82) is 0 Å². The van der Waals surface area contributed by atoms with E-state index in [9.17, 15) is 0 Å². The smallest absolute Gasteiger partial charge is 0.509 e. The third kappa shape index (κ3) is 7.44. The summed E-state index contributed by atoms with van der Waals surface area (Å²) in [6.07, 6.45) is 3.55. The van der Waals surface area contributed by atoms with Crippen LogP contribution >= 0.6 is 0 Å². The summed E-state index contributed by atoms with van der Waals surface area (Å²) in [4.78, 5) is 4.81. The first kappa shape index (κ1) is 39.2. The van der Waals surface area contributed by atoms with Gasteiger partial charge in [-0.1, -0.05) is 118 Å². The van der Waals surface area contributed by atoms with Gasteiger partial charge >= 0.3 is 20.4 Å². The van der Waals surface area contributed by atoms with Crippen molar-refractivity contribution in [2.24, 2.45) is 0 Å². The molecule has 0 aliphatic rings. The molecule has 0 saturated carbocycles. The fraction of sp³-hybridized carbons (Fsp3) is 0.333. The molecule has 3 heterocycles. The molecule has 6 heteroatoms. The van der Waals surface area contributed by atoms with Crippen LogP contribution in [0.2, 0.25) is 0 Å². The first-order valence-electron chi connectivity index (χ1n) is 19.1. The van der Waals surface area contributed by atoms with Crippen molar-refractivity contribution in [1.82, 2.24) is 19.3 Å². The number of nitrogens with zero attached hydrogens (tertiary/aromatic N) is 4. The summed E-state index contributed by atoms with van der Waals surface area (Å²) >= 11 is 0. The number of fused-ring (bicyclic) bond motifs is 3.